The molecule has 0 saturated heterocycles. The Kier molecular flexibility index (Phi) is 2.83. The van der Waals surface area contributed by atoms with Crippen LogP contribution >= 0.6 is 0 Å². The van der Waals surface area contributed by atoms with Crippen LogP contribution in [-0.2, 0) is 0 Å². The maximum absolute atomic E-state index is 12.2. The van der Waals surface area contributed by atoms with Crippen molar-refractivity contribution < 1.29 is 4.79 Å². The molecule has 0 aliphatic heterocycles. The number of nitrogens with two attached hydrogens (primary N) is 2. The van der Waals surface area contributed by atoms with E-state index >= 15 is 0 Å². The van der Waals surface area contributed by atoms with Crippen molar-refractivity contribution in [1.82, 2.24) is 0 Å². The summed E-state index contributed by atoms with van der Waals surface area (Å²) in [5.41, 5.74) is 14.7. The second-order valence-electron chi connectivity index (χ2n) is 4.03. The fourth-order valence-electron chi connectivity index (χ4n) is 1.73. The first-order valence-corrected chi connectivity index (χ1v) is 5.34. The lowest BCUT2D eigenvalue weighted by Crippen LogP contribution is -2.04. The molecule has 0 atom stereocenters. The third-order valence-corrected chi connectivity index (χ3v) is 2.67. The molecule has 0 aliphatic rings. The molecule has 0 bridgehead atoms. The topological polar surface area (TPSA) is 69.1 Å². The number of ketones is 1. The van der Waals surface area contributed by atoms with Gasteiger partial charge in [0.2, 0.25) is 0 Å². The summed E-state index contributed by atoms with van der Waals surface area (Å²) in [7, 11) is 0. The van der Waals surface area contributed by atoms with Gasteiger partial charge in [-0.3, -0.25) is 4.79 Å². The summed E-state index contributed by atoms with van der Waals surface area (Å²) >= 11 is 0. The van der Waals surface area contributed by atoms with Gasteiger partial charge in [0.15, 0.2) is 5.78 Å². The van der Waals surface area contributed by atoms with Gasteiger partial charge in [-0.1, -0.05) is 0 Å². The third kappa shape index (κ3) is 2.28. The van der Waals surface area contributed by atoms with Crippen LogP contribution in [0.5, 0.6) is 0 Å². The van der Waals surface area contributed by atoms with Crippen LogP contribution in [0.4, 0.5) is 11.4 Å². The Balaban J connectivity index is 2.40. The molecule has 2 aromatic rings. The molecular weight excluding hydrogens is 212 g/mol. The van der Waals surface area contributed by atoms with E-state index in [9.17, 15) is 4.79 Å². The van der Waals surface area contributed by atoms with E-state index in [0.717, 1.165) is 5.56 Å². The summed E-state index contributed by atoms with van der Waals surface area (Å²) in [6, 6.07) is 12.2. The predicted molar refractivity (Wildman–Crippen MR) is 69.9 cm³/mol. The quantitative estimate of drug-likeness (QED) is 0.610. The van der Waals surface area contributed by atoms with Crippen LogP contribution < -0.4 is 11.5 Å². The number of nitrogen functional groups attached to an aromatic ring is 2. The van der Waals surface area contributed by atoms with Gasteiger partial charge in [-0.05, 0) is 55.0 Å². The van der Waals surface area contributed by atoms with Gasteiger partial charge in [-0.2, -0.15) is 0 Å². The smallest absolute Gasteiger partial charge is 0.193 e. The molecule has 0 aliphatic carbocycles. The number of rotatable bonds is 2. The lowest BCUT2D eigenvalue weighted by atomic mass is 9.98. The van der Waals surface area contributed by atoms with Gasteiger partial charge in [0.1, 0.15) is 0 Å². The van der Waals surface area contributed by atoms with Crippen LogP contribution in [0.2, 0.25) is 0 Å². The Bertz CT molecular complexity index is 559. The summed E-state index contributed by atoms with van der Waals surface area (Å²) in [6.07, 6.45) is 0. The highest BCUT2D eigenvalue weighted by Gasteiger charge is 2.11. The number of aryl methyl sites for hydroxylation is 1. The lowest BCUT2D eigenvalue weighted by Gasteiger charge is -2.06. The fourth-order valence-corrected chi connectivity index (χ4v) is 1.73. The minimum atomic E-state index is -0.0116. The first-order valence-electron chi connectivity index (χ1n) is 5.34. The largest absolute Gasteiger partial charge is 0.399 e. The summed E-state index contributed by atoms with van der Waals surface area (Å²) in [5.74, 6) is -0.0116. The van der Waals surface area contributed by atoms with Crippen LogP contribution in [0.1, 0.15) is 21.5 Å². The number of hydrogen-bond donors (Lipinski definition) is 2. The Morgan fingerprint density at radius 2 is 1.53 bits per heavy atom. The van der Waals surface area contributed by atoms with Crippen molar-refractivity contribution in [2.24, 2.45) is 0 Å². The normalized spacial score (nSPS) is 10.2. The van der Waals surface area contributed by atoms with Gasteiger partial charge in [0.05, 0.1) is 0 Å². The highest BCUT2D eigenvalue weighted by molar-refractivity contribution is 6.10. The molecule has 0 spiro atoms. The molecular formula is C14H14N2O. The molecule has 0 heterocycles. The molecule has 86 valence electrons. The van der Waals surface area contributed by atoms with Crippen molar-refractivity contribution in [2.45, 2.75) is 6.92 Å². The molecule has 17 heavy (non-hydrogen) atoms. The molecule has 0 saturated carbocycles. The SMILES string of the molecule is Cc1cc(N)ccc1C(=O)c1ccc(N)cc1. The van der Waals surface area contributed by atoms with E-state index in [4.69, 9.17) is 11.5 Å². The van der Waals surface area contributed by atoms with E-state index in [1.165, 1.54) is 0 Å². The Morgan fingerprint density at radius 3 is 2.12 bits per heavy atom. The number of carbonyl (C=O) groups is 1. The summed E-state index contributed by atoms with van der Waals surface area (Å²) in [4.78, 5) is 12.2. The van der Waals surface area contributed by atoms with Crippen LogP contribution in [0.15, 0.2) is 42.5 Å². The van der Waals surface area contributed by atoms with Crippen molar-refractivity contribution in [3.8, 4) is 0 Å². The molecule has 0 unspecified atom stereocenters. The Hall–Kier alpha value is -2.29. The zero-order valence-corrected chi connectivity index (χ0v) is 9.60. The minimum Gasteiger partial charge on any atom is -0.399 e. The van der Waals surface area contributed by atoms with Gasteiger partial charge in [-0.15, -0.1) is 0 Å². The van der Waals surface area contributed by atoms with Gasteiger partial charge < -0.3 is 11.5 Å². The molecule has 3 heteroatoms. The van der Waals surface area contributed by atoms with Crippen molar-refractivity contribution in [2.75, 3.05) is 11.5 Å². The van der Waals surface area contributed by atoms with Crippen LogP contribution in [0.3, 0.4) is 0 Å². The molecule has 3 nitrogen and oxygen atoms in total. The number of carbonyl (C=O) groups excluding carboxylic acids is 1. The monoisotopic (exact) mass is 226 g/mol. The molecule has 4 N–H and O–H groups in total. The Morgan fingerprint density at radius 1 is 0.941 bits per heavy atom. The average molecular weight is 226 g/mol. The van der Waals surface area contributed by atoms with Crippen molar-refractivity contribution in [1.29, 1.82) is 0 Å². The van der Waals surface area contributed by atoms with Gasteiger partial charge in [0, 0.05) is 22.5 Å². The molecule has 0 fully saturated rings. The van der Waals surface area contributed by atoms with Crippen LogP contribution in [0, 0.1) is 6.92 Å². The van der Waals surface area contributed by atoms with Crippen molar-refractivity contribution >= 4 is 17.2 Å². The highest BCUT2D eigenvalue weighted by atomic mass is 16.1. The third-order valence-electron chi connectivity index (χ3n) is 2.67. The number of hydrogen-bond acceptors (Lipinski definition) is 3. The summed E-state index contributed by atoms with van der Waals surface area (Å²) < 4.78 is 0. The molecule has 0 radical (unpaired) electrons. The van der Waals surface area contributed by atoms with Gasteiger partial charge in [-0.25, -0.2) is 0 Å². The standard InChI is InChI=1S/C14H14N2O/c1-9-8-12(16)6-7-13(9)14(17)10-2-4-11(15)5-3-10/h2-8H,15-16H2,1H3. The molecule has 0 amide bonds. The van der Waals surface area contributed by atoms with Gasteiger partial charge >= 0.3 is 0 Å². The molecule has 2 aromatic carbocycles. The lowest BCUT2D eigenvalue weighted by molar-refractivity contribution is 0.103. The zero-order chi connectivity index (χ0) is 12.4. The van der Waals surface area contributed by atoms with Gasteiger partial charge in [0.25, 0.3) is 0 Å². The van der Waals surface area contributed by atoms with E-state index < -0.39 is 0 Å². The maximum Gasteiger partial charge on any atom is 0.193 e. The van der Waals surface area contributed by atoms with Crippen LogP contribution in [-0.4, -0.2) is 5.78 Å². The second-order valence-corrected chi connectivity index (χ2v) is 4.03. The average Bonchev–Trinajstić information content (AvgIpc) is 2.29. The first kappa shape index (κ1) is 11.2. The van der Waals surface area contributed by atoms with E-state index in [2.05, 4.69) is 0 Å². The van der Waals surface area contributed by atoms with E-state index in [1.54, 1.807) is 42.5 Å². The summed E-state index contributed by atoms with van der Waals surface area (Å²) in [6.45, 7) is 1.88. The van der Waals surface area contributed by atoms with Crippen molar-refractivity contribution in [3.05, 3.63) is 59.2 Å². The second kappa shape index (κ2) is 4.29. The molecule has 0 aromatic heterocycles. The minimum absolute atomic E-state index is 0.0116. The number of benzene rings is 2. The first-order chi connectivity index (χ1) is 8.08. The Labute approximate surface area is 100 Å². The van der Waals surface area contributed by atoms with E-state index in [1.807, 2.05) is 6.92 Å². The highest BCUT2D eigenvalue weighted by Crippen LogP contribution is 2.17. The number of anilines is 2. The van der Waals surface area contributed by atoms with Crippen LogP contribution in [0.25, 0.3) is 0 Å². The maximum atomic E-state index is 12.2. The zero-order valence-electron chi connectivity index (χ0n) is 9.60. The molecule has 2 rings (SSSR count). The van der Waals surface area contributed by atoms with E-state index in [0.29, 0.717) is 22.5 Å². The fraction of sp³-hybridized carbons (Fsp3) is 0.0714. The van der Waals surface area contributed by atoms with E-state index in [-0.39, 0.29) is 5.78 Å². The van der Waals surface area contributed by atoms with Crippen molar-refractivity contribution in [3.63, 3.8) is 0 Å². The summed E-state index contributed by atoms with van der Waals surface area (Å²) in [5, 5.41) is 0. The predicted octanol–water partition coefficient (Wildman–Crippen LogP) is 2.39.